The van der Waals surface area contributed by atoms with Gasteiger partial charge in [-0.15, -0.1) is 0 Å². The molecule has 5 nitrogen and oxygen atoms in total. The number of rotatable bonds is 4. The molecule has 82 valence electrons. The lowest BCUT2D eigenvalue weighted by Gasteiger charge is -2.31. The van der Waals surface area contributed by atoms with Crippen molar-refractivity contribution in [3.63, 3.8) is 0 Å². The largest absolute Gasteiger partial charge is 0.481 e. The van der Waals surface area contributed by atoms with Crippen molar-refractivity contribution in [2.24, 2.45) is 5.92 Å². The van der Waals surface area contributed by atoms with Crippen LogP contribution in [-0.4, -0.2) is 58.5 Å². The van der Waals surface area contributed by atoms with Crippen molar-refractivity contribution in [2.45, 2.75) is 18.9 Å². The summed E-state index contributed by atoms with van der Waals surface area (Å²) in [4.78, 5) is 12.6. The molecule has 0 aliphatic carbocycles. The maximum absolute atomic E-state index is 10.7. The van der Waals surface area contributed by atoms with Crippen molar-refractivity contribution in [1.29, 1.82) is 0 Å². The van der Waals surface area contributed by atoms with Crippen LogP contribution in [0.4, 0.5) is 0 Å². The number of carboxylic acids is 1. The van der Waals surface area contributed by atoms with Crippen LogP contribution >= 0.6 is 0 Å². The molecule has 1 rings (SSSR count). The van der Waals surface area contributed by atoms with Crippen LogP contribution in [0.15, 0.2) is 0 Å². The third-order valence-electron chi connectivity index (χ3n) is 2.53. The molecule has 0 spiro atoms. The van der Waals surface area contributed by atoms with Gasteiger partial charge in [-0.05, 0) is 19.4 Å². The molecule has 1 fully saturated rings. The van der Waals surface area contributed by atoms with Gasteiger partial charge in [-0.1, -0.05) is 0 Å². The summed E-state index contributed by atoms with van der Waals surface area (Å²) >= 11 is 0. The zero-order chi connectivity index (χ0) is 10.6. The highest BCUT2D eigenvalue weighted by Gasteiger charge is 2.25. The molecule has 5 heteroatoms. The summed E-state index contributed by atoms with van der Waals surface area (Å²) in [5.74, 6) is -1.09. The van der Waals surface area contributed by atoms with Crippen molar-refractivity contribution in [2.75, 3.05) is 26.2 Å². The molecule has 0 bridgehead atoms. The quantitative estimate of drug-likeness (QED) is 0.553. The van der Waals surface area contributed by atoms with E-state index in [1.165, 1.54) is 0 Å². The second kappa shape index (κ2) is 5.29. The van der Waals surface area contributed by atoms with Crippen LogP contribution in [0.5, 0.6) is 0 Å². The summed E-state index contributed by atoms with van der Waals surface area (Å²) in [5, 5.41) is 26.7. The Morgan fingerprint density at radius 2 is 2.29 bits per heavy atom. The first-order valence-electron chi connectivity index (χ1n) is 4.87. The van der Waals surface area contributed by atoms with Crippen LogP contribution in [0.1, 0.15) is 12.8 Å². The lowest BCUT2D eigenvalue weighted by Crippen LogP contribution is -2.43. The molecule has 0 saturated carbocycles. The van der Waals surface area contributed by atoms with E-state index in [4.69, 9.17) is 10.2 Å². The van der Waals surface area contributed by atoms with Crippen molar-refractivity contribution in [3.8, 4) is 0 Å². The van der Waals surface area contributed by atoms with Crippen molar-refractivity contribution in [1.82, 2.24) is 4.90 Å². The van der Waals surface area contributed by atoms with Crippen LogP contribution in [0.25, 0.3) is 0 Å². The topological polar surface area (TPSA) is 81.0 Å². The van der Waals surface area contributed by atoms with E-state index >= 15 is 0 Å². The summed E-state index contributed by atoms with van der Waals surface area (Å²) in [6.07, 6.45) is 0.790. The number of hydrogen-bond acceptors (Lipinski definition) is 4. The molecule has 0 aromatic rings. The van der Waals surface area contributed by atoms with Gasteiger partial charge in [0.1, 0.15) is 0 Å². The predicted molar refractivity (Wildman–Crippen MR) is 49.9 cm³/mol. The monoisotopic (exact) mass is 203 g/mol. The first kappa shape index (κ1) is 11.4. The molecular formula is C9H17NO4. The zero-order valence-corrected chi connectivity index (χ0v) is 8.09. The molecule has 1 saturated heterocycles. The lowest BCUT2D eigenvalue weighted by atomic mass is 9.98. The number of aliphatic carboxylic acids is 1. The van der Waals surface area contributed by atoms with E-state index in [9.17, 15) is 9.90 Å². The second-order valence-corrected chi connectivity index (χ2v) is 3.77. The van der Waals surface area contributed by atoms with Gasteiger partial charge in [0.25, 0.3) is 0 Å². The third-order valence-corrected chi connectivity index (χ3v) is 2.53. The van der Waals surface area contributed by atoms with Gasteiger partial charge in [-0.2, -0.15) is 0 Å². The average Bonchev–Trinajstić information content (AvgIpc) is 2.18. The maximum Gasteiger partial charge on any atom is 0.307 e. The number of piperidine rings is 1. The molecule has 2 atom stereocenters. The minimum absolute atomic E-state index is 0.270. The Morgan fingerprint density at radius 1 is 1.57 bits per heavy atom. The van der Waals surface area contributed by atoms with Crippen LogP contribution < -0.4 is 0 Å². The Labute approximate surface area is 83.0 Å². The fourth-order valence-electron chi connectivity index (χ4n) is 1.78. The summed E-state index contributed by atoms with van der Waals surface area (Å²) in [6, 6.07) is 0. The van der Waals surface area contributed by atoms with Gasteiger partial charge < -0.3 is 15.3 Å². The molecule has 2 unspecified atom stereocenters. The highest BCUT2D eigenvalue weighted by Crippen LogP contribution is 2.16. The smallest absolute Gasteiger partial charge is 0.307 e. The van der Waals surface area contributed by atoms with Crippen LogP contribution in [0.3, 0.4) is 0 Å². The van der Waals surface area contributed by atoms with Crippen LogP contribution in [0.2, 0.25) is 0 Å². The molecule has 0 amide bonds. The van der Waals surface area contributed by atoms with Gasteiger partial charge in [-0.25, -0.2) is 0 Å². The van der Waals surface area contributed by atoms with Gasteiger partial charge in [-0.3, -0.25) is 9.69 Å². The number of carboxylic acid groups (broad SMARTS) is 1. The Hall–Kier alpha value is -0.650. The Bertz CT molecular complexity index is 197. The maximum atomic E-state index is 10.7. The highest BCUT2D eigenvalue weighted by atomic mass is 16.4. The summed E-state index contributed by atoms with van der Waals surface area (Å²) in [6.45, 7) is 1.38. The number of hydrogen-bond donors (Lipinski definition) is 3. The van der Waals surface area contributed by atoms with E-state index in [1.54, 1.807) is 0 Å². The summed E-state index contributed by atoms with van der Waals surface area (Å²) in [7, 11) is 0. The number of aliphatic hydroxyl groups is 2. The van der Waals surface area contributed by atoms with Crippen LogP contribution in [-0.2, 0) is 4.79 Å². The second-order valence-electron chi connectivity index (χ2n) is 3.77. The molecule has 1 heterocycles. The van der Waals surface area contributed by atoms with E-state index in [0.717, 1.165) is 13.0 Å². The molecular weight excluding hydrogens is 186 g/mol. The predicted octanol–water partition coefficient (Wildman–Crippen LogP) is -0.864. The van der Waals surface area contributed by atoms with E-state index in [-0.39, 0.29) is 12.5 Å². The third kappa shape index (κ3) is 3.25. The number of aliphatic hydroxyl groups excluding tert-OH is 2. The van der Waals surface area contributed by atoms with Gasteiger partial charge in [0, 0.05) is 13.1 Å². The Morgan fingerprint density at radius 3 is 2.86 bits per heavy atom. The highest BCUT2D eigenvalue weighted by molar-refractivity contribution is 5.70. The van der Waals surface area contributed by atoms with E-state index in [2.05, 4.69) is 0 Å². The number of likely N-dealkylation sites (tertiary alicyclic amines) is 1. The molecule has 3 N–H and O–H groups in total. The van der Waals surface area contributed by atoms with Gasteiger partial charge in [0.15, 0.2) is 0 Å². The molecule has 0 aromatic carbocycles. The van der Waals surface area contributed by atoms with Crippen molar-refractivity contribution < 1.29 is 20.1 Å². The summed E-state index contributed by atoms with van der Waals surface area (Å²) in [5.41, 5.74) is 0. The Balaban J connectivity index is 2.36. The van der Waals surface area contributed by atoms with Gasteiger partial charge in [0.05, 0.1) is 18.6 Å². The standard InChI is InChI=1S/C9H17NO4/c11-6-8(12)5-10-3-1-2-7(4-10)9(13)14/h7-8,11-12H,1-6H2,(H,13,14). The van der Waals surface area contributed by atoms with Crippen molar-refractivity contribution in [3.05, 3.63) is 0 Å². The molecule has 1 aliphatic heterocycles. The fourth-order valence-corrected chi connectivity index (χ4v) is 1.78. The number of nitrogens with zero attached hydrogens (tertiary/aromatic N) is 1. The molecule has 14 heavy (non-hydrogen) atoms. The molecule has 0 radical (unpaired) electrons. The SMILES string of the molecule is O=C(O)C1CCCN(CC(O)CO)C1. The fraction of sp³-hybridized carbons (Fsp3) is 0.889. The van der Waals surface area contributed by atoms with E-state index in [0.29, 0.717) is 19.5 Å². The van der Waals surface area contributed by atoms with Gasteiger partial charge >= 0.3 is 5.97 Å². The van der Waals surface area contributed by atoms with E-state index < -0.39 is 12.1 Å². The first-order valence-corrected chi connectivity index (χ1v) is 4.87. The Kier molecular flexibility index (Phi) is 4.31. The normalized spacial score (nSPS) is 26.0. The average molecular weight is 203 g/mol. The lowest BCUT2D eigenvalue weighted by molar-refractivity contribution is -0.143. The minimum atomic E-state index is -0.770. The molecule has 0 aromatic heterocycles. The van der Waals surface area contributed by atoms with E-state index in [1.807, 2.05) is 4.90 Å². The summed E-state index contributed by atoms with van der Waals surface area (Å²) < 4.78 is 0. The molecule has 1 aliphatic rings. The van der Waals surface area contributed by atoms with Gasteiger partial charge in [0.2, 0.25) is 0 Å². The number of β-amino-alcohol motifs (C(OH)–C–C–N with tert-alkyl or cyclic N) is 1. The van der Waals surface area contributed by atoms with Crippen LogP contribution in [0, 0.1) is 5.92 Å². The minimum Gasteiger partial charge on any atom is -0.481 e. The van der Waals surface area contributed by atoms with Crippen molar-refractivity contribution >= 4 is 5.97 Å². The number of carbonyl (C=O) groups is 1. The zero-order valence-electron chi connectivity index (χ0n) is 8.09. The first-order chi connectivity index (χ1) is 6.63.